The van der Waals surface area contributed by atoms with Crippen molar-refractivity contribution >= 4 is 17.6 Å². The molecular formula is C14H20ClNO2. The SMILES string of the molecule is COC(=O)C(Cl)CNCc1ccc(C(C)C)cc1. The second-order valence-corrected chi connectivity index (χ2v) is 5.04. The first kappa shape index (κ1) is 15.0. The predicted octanol–water partition coefficient (Wildman–Crippen LogP) is 2.68. The molecule has 0 spiro atoms. The van der Waals surface area contributed by atoms with Gasteiger partial charge < -0.3 is 10.1 Å². The molecule has 100 valence electrons. The van der Waals surface area contributed by atoms with Crippen molar-refractivity contribution in [3.05, 3.63) is 35.4 Å². The summed E-state index contributed by atoms with van der Waals surface area (Å²) in [5, 5.41) is 2.50. The number of ether oxygens (including phenoxy) is 1. The number of carbonyl (C=O) groups excluding carboxylic acids is 1. The number of alkyl halides is 1. The summed E-state index contributed by atoms with van der Waals surface area (Å²) in [4.78, 5) is 11.1. The Morgan fingerprint density at radius 1 is 1.33 bits per heavy atom. The fourth-order valence-electron chi connectivity index (χ4n) is 1.57. The number of nitrogens with one attached hydrogen (secondary N) is 1. The zero-order valence-corrected chi connectivity index (χ0v) is 11.8. The van der Waals surface area contributed by atoms with Crippen molar-refractivity contribution in [3.8, 4) is 0 Å². The average Bonchev–Trinajstić information content (AvgIpc) is 2.38. The minimum Gasteiger partial charge on any atom is -0.468 e. The van der Waals surface area contributed by atoms with Gasteiger partial charge in [-0.2, -0.15) is 0 Å². The minimum atomic E-state index is -0.634. The summed E-state index contributed by atoms with van der Waals surface area (Å²) in [6.45, 7) is 5.43. The molecule has 1 aromatic rings. The van der Waals surface area contributed by atoms with E-state index in [-0.39, 0.29) is 0 Å². The van der Waals surface area contributed by atoms with E-state index in [1.54, 1.807) is 0 Å². The lowest BCUT2D eigenvalue weighted by Gasteiger charge is -2.10. The number of methoxy groups -OCH3 is 1. The lowest BCUT2D eigenvalue weighted by Crippen LogP contribution is -2.29. The molecular weight excluding hydrogens is 250 g/mol. The number of carbonyl (C=O) groups is 1. The van der Waals surface area contributed by atoms with E-state index >= 15 is 0 Å². The van der Waals surface area contributed by atoms with Crippen LogP contribution in [0.3, 0.4) is 0 Å². The Hall–Kier alpha value is -1.06. The van der Waals surface area contributed by atoms with Gasteiger partial charge in [-0.3, -0.25) is 4.79 Å². The van der Waals surface area contributed by atoms with E-state index in [0.717, 1.165) is 0 Å². The van der Waals surface area contributed by atoms with Crippen LogP contribution in [0.5, 0.6) is 0 Å². The van der Waals surface area contributed by atoms with Gasteiger partial charge >= 0.3 is 5.97 Å². The number of esters is 1. The van der Waals surface area contributed by atoms with Gasteiger partial charge in [0.15, 0.2) is 0 Å². The van der Waals surface area contributed by atoms with Gasteiger partial charge in [0.2, 0.25) is 0 Å². The molecule has 1 unspecified atom stereocenters. The molecule has 0 fully saturated rings. The quantitative estimate of drug-likeness (QED) is 0.637. The van der Waals surface area contributed by atoms with Gasteiger partial charge in [-0.25, -0.2) is 0 Å². The summed E-state index contributed by atoms with van der Waals surface area (Å²) in [7, 11) is 1.34. The van der Waals surface area contributed by atoms with Crippen LogP contribution in [0.2, 0.25) is 0 Å². The highest BCUT2D eigenvalue weighted by atomic mass is 35.5. The number of hydrogen-bond donors (Lipinski definition) is 1. The van der Waals surface area contributed by atoms with E-state index in [0.29, 0.717) is 19.0 Å². The number of benzene rings is 1. The zero-order chi connectivity index (χ0) is 13.5. The fourth-order valence-corrected chi connectivity index (χ4v) is 1.77. The zero-order valence-electron chi connectivity index (χ0n) is 11.1. The lowest BCUT2D eigenvalue weighted by molar-refractivity contribution is -0.140. The summed E-state index contributed by atoms with van der Waals surface area (Å²) < 4.78 is 4.55. The van der Waals surface area contributed by atoms with Crippen LogP contribution in [0.15, 0.2) is 24.3 Å². The van der Waals surface area contributed by atoms with Gasteiger partial charge in [-0.15, -0.1) is 11.6 Å². The largest absolute Gasteiger partial charge is 0.468 e. The lowest BCUT2D eigenvalue weighted by atomic mass is 10.0. The first-order valence-corrected chi connectivity index (χ1v) is 6.49. The molecule has 1 aromatic carbocycles. The molecule has 3 nitrogen and oxygen atoms in total. The van der Waals surface area contributed by atoms with Gasteiger partial charge in [0.25, 0.3) is 0 Å². The summed E-state index contributed by atoms with van der Waals surface area (Å²) in [6.07, 6.45) is 0. The number of hydrogen-bond acceptors (Lipinski definition) is 3. The standard InChI is InChI=1S/C14H20ClNO2/c1-10(2)12-6-4-11(5-7-12)8-16-9-13(15)14(17)18-3/h4-7,10,13,16H,8-9H2,1-3H3. The molecule has 0 saturated carbocycles. The van der Waals surface area contributed by atoms with Crippen molar-refractivity contribution in [2.75, 3.05) is 13.7 Å². The average molecular weight is 270 g/mol. The summed E-state index contributed by atoms with van der Waals surface area (Å²) in [5.74, 6) is 0.137. The smallest absolute Gasteiger partial charge is 0.325 e. The Morgan fingerprint density at radius 2 is 1.94 bits per heavy atom. The van der Waals surface area contributed by atoms with E-state index in [4.69, 9.17) is 11.6 Å². The molecule has 1 atom stereocenters. The van der Waals surface area contributed by atoms with Crippen molar-refractivity contribution in [1.29, 1.82) is 0 Å². The Balaban J connectivity index is 2.38. The van der Waals surface area contributed by atoms with Gasteiger partial charge in [0.05, 0.1) is 7.11 Å². The highest BCUT2D eigenvalue weighted by molar-refractivity contribution is 6.30. The predicted molar refractivity (Wildman–Crippen MR) is 73.9 cm³/mol. The van der Waals surface area contributed by atoms with Gasteiger partial charge in [0.1, 0.15) is 5.38 Å². The molecule has 1 N–H and O–H groups in total. The summed E-state index contributed by atoms with van der Waals surface area (Å²) in [6, 6.07) is 8.42. The first-order valence-electron chi connectivity index (χ1n) is 6.06. The van der Waals surface area contributed by atoms with Crippen LogP contribution in [0.1, 0.15) is 30.9 Å². The molecule has 4 heteroatoms. The van der Waals surface area contributed by atoms with Gasteiger partial charge in [0, 0.05) is 13.1 Å². The third-order valence-electron chi connectivity index (χ3n) is 2.76. The molecule has 0 amide bonds. The van der Waals surface area contributed by atoms with Crippen molar-refractivity contribution in [2.45, 2.75) is 31.7 Å². The molecule has 0 aliphatic heterocycles. The monoisotopic (exact) mass is 269 g/mol. The van der Waals surface area contributed by atoms with E-state index in [9.17, 15) is 4.79 Å². The van der Waals surface area contributed by atoms with Crippen LogP contribution >= 0.6 is 11.6 Å². The molecule has 18 heavy (non-hydrogen) atoms. The van der Waals surface area contributed by atoms with Crippen LogP contribution in [0, 0.1) is 0 Å². The van der Waals surface area contributed by atoms with Crippen LogP contribution in [0.25, 0.3) is 0 Å². The second-order valence-electron chi connectivity index (χ2n) is 4.52. The summed E-state index contributed by atoms with van der Waals surface area (Å²) >= 11 is 5.83. The molecule has 0 radical (unpaired) electrons. The maximum atomic E-state index is 11.1. The molecule has 0 aliphatic rings. The molecule has 1 rings (SSSR count). The van der Waals surface area contributed by atoms with E-state index in [1.165, 1.54) is 18.2 Å². The highest BCUT2D eigenvalue weighted by Crippen LogP contribution is 2.14. The first-order chi connectivity index (χ1) is 8.54. The Morgan fingerprint density at radius 3 is 2.44 bits per heavy atom. The Kier molecular flexibility index (Phi) is 6.16. The van der Waals surface area contributed by atoms with Crippen molar-refractivity contribution in [3.63, 3.8) is 0 Å². The van der Waals surface area contributed by atoms with Crippen LogP contribution < -0.4 is 5.32 Å². The van der Waals surface area contributed by atoms with E-state index < -0.39 is 11.3 Å². The molecule has 0 saturated heterocycles. The summed E-state index contributed by atoms with van der Waals surface area (Å²) in [5.41, 5.74) is 2.50. The number of halogens is 1. The van der Waals surface area contributed by atoms with Crippen molar-refractivity contribution < 1.29 is 9.53 Å². The van der Waals surface area contributed by atoms with E-state index in [1.807, 2.05) is 0 Å². The topological polar surface area (TPSA) is 38.3 Å². The Bertz CT molecular complexity index is 376. The minimum absolute atomic E-state index is 0.403. The fraction of sp³-hybridized carbons (Fsp3) is 0.500. The van der Waals surface area contributed by atoms with E-state index in [2.05, 4.69) is 48.2 Å². The molecule has 0 heterocycles. The molecule has 0 bridgehead atoms. The maximum absolute atomic E-state index is 11.1. The Labute approximate surface area is 113 Å². The number of rotatable bonds is 6. The third-order valence-corrected chi connectivity index (χ3v) is 3.09. The maximum Gasteiger partial charge on any atom is 0.325 e. The normalized spacial score (nSPS) is 12.5. The van der Waals surface area contributed by atoms with Gasteiger partial charge in [-0.1, -0.05) is 38.1 Å². The van der Waals surface area contributed by atoms with Crippen molar-refractivity contribution in [2.24, 2.45) is 0 Å². The molecule has 0 aromatic heterocycles. The van der Waals surface area contributed by atoms with Crippen LogP contribution in [0.4, 0.5) is 0 Å². The third kappa shape index (κ3) is 4.67. The van der Waals surface area contributed by atoms with Crippen LogP contribution in [-0.2, 0) is 16.1 Å². The highest BCUT2D eigenvalue weighted by Gasteiger charge is 2.14. The van der Waals surface area contributed by atoms with Gasteiger partial charge in [-0.05, 0) is 17.0 Å². The second kappa shape index (κ2) is 7.39. The molecule has 0 aliphatic carbocycles. The van der Waals surface area contributed by atoms with Crippen molar-refractivity contribution in [1.82, 2.24) is 5.32 Å². The van der Waals surface area contributed by atoms with Crippen LogP contribution in [-0.4, -0.2) is 25.0 Å².